The second-order valence-corrected chi connectivity index (χ2v) is 8.69. The zero-order valence-corrected chi connectivity index (χ0v) is 21.1. The molecule has 0 spiro atoms. The molecule has 4 N–H and O–H groups in total. The smallest absolute Gasteiger partial charge is 0.330 e. The number of epoxide rings is 2. The average Bonchev–Trinajstić information content (AvgIpc) is 3.83. The topological polar surface area (TPSA) is 196 Å². The van der Waals surface area contributed by atoms with Crippen molar-refractivity contribution in [3.8, 4) is 0 Å². The first-order chi connectivity index (χ1) is 18.2. The van der Waals surface area contributed by atoms with Gasteiger partial charge in [0.2, 0.25) is 0 Å². The maximum Gasteiger partial charge on any atom is 0.330 e. The van der Waals surface area contributed by atoms with Crippen molar-refractivity contribution in [2.24, 2.45) is 0 Å². The van der Waals surface area contributed by atoms with Crippen LogP contribution in [0.1, 0.15) is 0 Å². The number of esters is 2. The third kappa shape index (κ3) is 13.7. The molecule has 0 saturated carbocycles. The predicted molar refractivity (Wildman–Crippen MR) is 127 cm³/mol. The zero-order valence-electron chi connectivity index (χ0n) is 21.1. The Kier molecular flexibility index (Phi) is 14.9. The highest BCUT2D eigenvalue weighted by Gasteiger charge is 2.38. The standard InChI is InChI=1S/C24H38O14/c1-3-21(28)36-7-15(25)5-31-13-19(27)23(30)24(38-12-18-10-34-18)20(35-11-17-9-33-17)14-32-6-16(26)8-37-22(29)4-2/h3-4,15-20,23-27,30H,1-2,5-14H2. The average molecular weight is 551 g/mol. The van der Waals surface area contributed by atoms with Crippen LogP contribution in [0.25, 0.3) is 0 Å². The first kappa shape index (κ1) is 32.2. The molecule has 2 fully saturated rings. The number of hydrogen-bond donors (Lipinski definition) is 4. The Hall–Kier alpha value is -1.98. The summed E-state index contributed by atoms with van der Waals surface area (Å²) < 4.78 is 42.3. The molecule has 2 rings (SSSR count). The van der Waals surface area contributed by atoms with Gasteiger partial charge >= 0.3 is 11.9 Å². The van der Waals surface area contributed by atoms with Crippen molar-refractivity contribution in [3.63, 3.8) is 0 Å². The molecule has 38 heavy (non-hydrogen) atoms. The Morgan fingerprint density at radius 1 is 0.763 bits per heavy atom. The van der Waals surface area contributed by atoms with Gasteiger partial charge in [0.05, 0.1) is 52.9 Å². The summed E-state index contributed by atoms with van der Waals surface area (Å²) in [5.41, 5.74) is 0. The van der Waals surface area contributed by atoms with Crippen molar-refractivity contribution in [1.29, 1.82) is 0 Å². The minimum absolute atomic E-state index is 0.115. The molecular formula is C24H38O14. The van der Waals surface area contributed by atoms with Crippen LogP contribution in [-0.2, 0) is 47.5 Å². The Balaban J connectivity index is 1.89. The lowest BCUT2D eigenvalue weighted by Gasteiger charge is -2.33. The second-order valence-electron chi connectivity index (χ2n) is 8.69. The van der Waals surface area contributed by atoms with Crippen LogP contribution in [0.2, 0.25) is 0 Å². The van der Waals surface area contributed by atoms with Crippen LogP contribution in [0, 0.1) is 0 Å². The molecule has 8 atom stereocenters. The SMILES string of the molecule is C=CC(=O)OCC(O)COCC(O)C(O)C(OCC1CO1)C(COCC(O)COC(=O)C=C)OCC1CO1. The summed E-state index contributed by atoms with van der Waals surface area (Å²) in [6, 6.07) is 0. The number of hydrogen-bond acceptors (Lipinski definition) is 14. The van der Waals surface area contributed by atoms with Gasteiger partial charge in [-0.3, -0.25) is 0 Å². The molecule has 0 radical (unpaired) electrons. The van der Waals surface area contributed by atoms with Gasteiger partial charge in [-0.15, -0.1) is 0 Å². The maximum absolute atomic E-state index is 11.1. The zero-order chi connectivity index (χ0) is 27.9. The number of ether oxygens (including phenoxy) is 8. The second kappa shape index (κ2) is 17.6. The van der Waals surface area contributed by atoms with E-state index in [1.807, 2.05) is 0 Å². The molecule has 2 heterocycles. The number of carbonyl (C=O) groups is 2. The summed E-state index contributed by atoms with van der Waals surface area (Å²) >= 11 is 0. The van der Waals surface area contributed by atoms with Crippen molar-refractivity contribution in [2.45, 2.75) is 48.8 Å². The van der Waals surface area contributed by atoms with Crippen LogP contribution >= 0.6 is 0 Å². The van der Waals surface area contributed by atoms with E-state index in [-0.39, 0.29) is 65.1 Å². The van der Waals surface area contributed by atoms with E-state index in [0.29, 0.717) is 13.2 Å². The Morgan fingerprint density at radius 3 is 1.71 bits per heavy atom. The van der Waals surface area contributed by atoms with Gasteiger partial charge in [0, 0.05) is 12.2 Å². The van der Waals surface area contributed by atoms with E-state index in [4.69, 9.17) is 37.9 Å². The Morgan fingerprint density at radius 2 is 1.24 bits per heavy atom. The summed E-state index contributed by atoms with van der Waals surface area (Å²) in [6.07, 6.45) is -5.55. The van der Waals surface area contributed by atoms with E-state index in [2.05, 4.69) is 13.2 Å². The Labute approximate surface area is 220 Å². The van der Waals surface area contributed by atoms with Gasteiger partial charge in [-0.05, 0) is 0 Å². The fourth-order valence-electron chi connectivity index (χ4n) is 2.97. The highest BCUT2D eigenvalue weighted by molar-refractivity contribution is 5.81. The van der Waals surface area contributed by atoms with E-state index in [1.165, 1.54) is 0 Å². The number of aliphatic hydroxyl groups excluding tert-OH is 4. The summed E-state index contributed by atoms with van der Waals surface area (Å²) in [7, 11) is 0. The lowest BCUT2D eigenvalue weighted by atomic mass is 10.0. The van der Waals surface area contributed by atoms with E-state index >= 15 is 0 Å². The van der Waals surface area contributed by atoms with Crippen molar-refractivity contribution < 1.29 is 67.9 Å². The molecule has 14 heteroatoms. The van der Waals surface area contributed by atoms with Gasteiger partial charge in [-0.1, -0.05) is 13.2 Å². The predicted octanol–water partition coefficient (Wildman–Crippen LogP) is -2.51. The minimum atomic E-state index is -1.50. The van der Waals surface area contributed by atoms with Crippen LogP contribution < -0.4 is 0 Å². The van der Waals surface area contributed by atoms with Crippen molar-refractivity contribution in [3.05, 3.63) is 25.3 Å². The molecule has 0 aliphatic carbocycles. The van der Waals surface area contributed by atoms with Crippen molar-refractivity contribution >= 4 is 11.9 Å². The lowest BCUT2D eigenvalue weighted by molar-refractivity contribution is -0.177. The molecule has 218 valence electrons. The van der Waals surface area contributed by atoms with E-state index in [9.17, 15) is 30.0 Å². The molecule has 2 saturated heterocycles. The Bertz CT molecular complexity index is 725. The van der Waals surface area contributed by atoms with Gasteiger partial charge in [0.25, 0.3) is 0 Å². The quantitative estimate of drug-likeness (QED) is 0.0591. The van der Waals surface area contributed by atoms with Crippen molar-refractivity contribution in [1.82, 2.24) is 0 Å². The molecular weight excluding hydrogens is 512 g/mol. The van der Waals surface area contributed by atoms with Crippen LogP contribution in [0.15, 0.2) is 25.3 Å². The fraction of sp³-hybridized carbons (Fsp3) is 0.750. The van der Waals surface area contributed by atoms with Crippen LogP contribution in [0.5, 0.6) is 0 Å². The number of aliphatic hydroxyl groups is 4. The number of carbonyl (C=O) groups excluding carboxylic acids is 2. The van der Waals surface area contributed by atoms with Crippen LogP contribution in [0.3, 0.4) is 0 Å². The lowest BCUT2D eigenvalue weighted by Crippen LogP contribution is -2.51. The summed E-state index contributed by atoms with van der Waals surface area (Å²) in [5, 5.41) is 41.2. The molecule has 0 bridgehead atoms. The fourth-order valence-corrected chi connectivity index (χ4v) is 2.97. The third-order valence-electron chi connectivity index (χ3n) is 5.23. The molecule has 0 aromatic carbocycles. The van der Waals surface area contributed by atoms with E-state index in [0.717, 1.165) is 12.2 Å². The molecule has 8 unspecified atom stereocenters. The minimum Gasteiger partial charge on any atom is -0.460 e. The summed E-state index contributed by atoms with van der Waals surface area (Å²) in [6.45, 7) is 6.21. The summed E-state index contributed by atoms with van der Waals surface area (Å²) in [4.78, 5) is 22.2. The first-order valence-electron chi connectivity index (χ1n) is 12.2. The number of rotatable bonds is 23. The van der Waals surface area contributed by atoms with Gasteiger partial charge in [0.15, 0.2) is 0 Å². The normalized spacial score (nSPS) is 22.8. The highest BCUT2D eigenvalue weighted by Crippen LogP contribution is 2.20. The van der Waals surface area contributed by atoms with Gasteiger partial charge in [0.1, 0.15) is 62.0 Å². The first-order valence-corrected chi connectivity index (χ1v) is 12.2. The van der Waals surface area contributed by atoms with Gasteiger partial charge < -0.3 is 58.3 Å². The van der Waals surface area contributed by atoms with Crippen LogP contribution in [-0.4, -0.2) is 147 Å². The molecule has 14 nitrogen and oxygen atoms in total. The third-order valence-corrected chi connectivity index (χ3v) is 5.23. The van der Waals surface area contributed by atoms with E-state index in [1.54, 1.807) is 0 Å². The maximum atomic E-state index is 11.1. The van der Waals surface area contributed by atoms with Crippen LogP contribution in [0.4, 0.5) is 0 Å². The molecule has 2 aliphatic heterocycles. The summed E-state index contributed by atoms with van der Waals surface area (Å²) in [5.74, 6) is -1.38. The van der Waals surface area contributed by atoms with Crippen molar-refractivity contribution in [2.75, 3.05) is 66.1 Å². The molecule has 0 amide bonds. The molecule has 2 aliphatic rings. The molecule has 0 aromatic heterocycles. The monoisotopic (exact) mass is 550 g/mol. The largest absolute Gasteiger partial charge is 0.460 e. The molecule has 0 aromatic rings. The van der Waals surface area contributed by atoms with Gasteiger partial charge in [-0.2, -0.15) is 0 Å². The van der Waals surface area contributed by atoms with Gasteiger partial charge in [-0.25, -0.2) is 9.59 Å². The highest BCUT2D eigenvalue weighted by atomic mass is 16.6. The van der Waals surface area contributed by atoms with E-state index < -0.39 is 48.6 Å².